The fourth-order valence-electron chi connectivity index (χ4n) is 2.64. The summed E-state index contributed by atoms with van der Waals surface area (Å²) in [5.74, 6) is 0.970. The van der Waals surface area contributed by atoms with Gasteiger partial charge in [-0.15, -0.1) is 0 Å². The largest absolute Gasteiger partial charge is 0.673 e. The highest BCUT2D eigenvalue weighted by Crippen LogP contribution is 2.32. The third kappa shape index (κ3) is 7.41. The van der Waals surface area contributed by atoms with Crippen LogP contribution in [-0.4, -0.2) is 27.5 Å². The molecule has 0 aliphatic carbocycles. The summed E-state index contributed by atoms with van der Waals surface area (Å²) in [5.41, 5.74) is 3.18. The van der Waals surface area contributed by atoms with E-state index >= 15 is 0 Å². The molecule has 1 aromatic heterocycles. The van der Waals surface area contributed by atoms with Gasteiger partial charge in [0.2, 0.25) is 0 Å². The smallest absolute Gasteiger partial charge is 0.504 e. The standard InChI is InChI=1S/C20H28NO2.BF4/c1-7-21(8-2)16-9-10-17-15(11-12-22-6)13-19(20(3,4)5)23-18(17)14-16;2-1(3,4)5/h9-14H,7-8H2,1-6H3;/q+1;-1. The van der Waals surface area contributed by atoms with Crippen LogP contribution in [-0.2, 0) is 10.2 Å². The summed E-state index contributed by atoms with van der Waals surface area (Å²) in [7, 11) is -4.34. The van der Waals surface area contributed by atoms with Crippen LogP contribution in [0.5, 0.6) is 0 Å². The Bertz CT molecular complexity index is 791. The Hall–Kier alpha value is -2.25. The lowest BCUT2D eigenvalue weighted by molar-refractivity contribution is 0.341. The van der Waals surface area contributed by atoms with E-state index in [4.69, 9.17) is 9.15 Å². The van der Waals surface area contributed by atoms with Crippen molar-refractivity contribution in [2.45, 2.75) is 40.0 Å². The lowest BCUT2D eigenvalue weighted by Crippen LogP contribution is -2.21. The lowest BCUT2D eigenvalue weighted by Gasteiger charge is -2.20. The monoisotopic (exact) mass is 401 g/mol. The maximum absolute atomic E-state index is 9.75. The van der Waals surface area contributed by atoms with Gasteiger partial charge in [0.05, 0.1) is 30.2 Å². The van der Waals surface area contributed by atoms with Crippen LogP contribution in [0, 0.1) is 0 Å². The molecule has 2 rings (SSSR count). The van der Waals surface area contributed by atoms with Crippen molar-refractivity contribution in [3.8, 4) is 0 Å². The minimum atomic E-state index is -6.00. The van der Waals surface area contributed by atoms with E-state index in [1.807, 2.05) is 6.08 Å². The molecule has 0 fully saturated rings. The molecule has 0 bridgehead atoms. The molecule has 156 valence electrons. The Morgan fingerprint density at radius 1 is 1.07 bits per heavy atom. The number of nitrogens with zero attached hydrogens (tertiary/aromatic N) is 1. The van der Waals surface area contributed by atoms with Crippen molar-refractivity contribution in [1.29, 1.82) is 0 Å². The van der Waals surface area contributed by atoms with E-state index in [0.717, 1.165) is 35.4 Å². The van der Waals surface area contributed by atoms with Crippen molar-refractivity contribution in [2.75, 3.05) is 25.1 Å². The van der Waals surface area contributed by atoms with Crippen molar-refractivity contribution in [3.05, 3.63) is 41.9 Å². The van der Waals surface area contributed by atoms with Crippen LogP contribution in [0.2, 0.25) is 0 Å². The van der Waals surface area contributed by atoms with Gasteiger partial charge in [-0.2, -0.15) is 0 Å². The second-order valence-corrected chi connectivity index (χ2v) is 7.20. The molecule has 0 saturated heterocycles. The first-order valence-corrected chi connectivity index (χ1v) is 9.13. The van der Waals surface area contributed by atoms with E-state index in [-0.39, 0.29) is 5.41 Å². The van der Waals surface area contributed by atoms with Crippen molar-refractivity contribution in [2.24, 2.45) is 0 Å². The summed E-state index contributed by atoms with van der Waals surface area (Å²) in [6.45, 7) is 12.8. The van der Waals surface area contributed by atoms with Gasteiger partial charge in [-0.05, 0) is 52.8 Å². The minimum Gasteiger partial charge on any atom is -0.504 e. The summed E-state index contributed by atoms with van der Waals surface area (Å²) in [6, 6.07) is 8.54. The Labute approximate surface area is 164 Å². The zero-order valence-corrected chi connectivity index (χ0v) is 17.2. The van der Waals surface area contributed by atoms with Crippen LogP contribution < -0.4 is 4.90 Å². The second kappa shape index (κ2) is 9.80. The quantitative estimate of drug-likeness (QED) is 0.239. The molecule has 2 aromatic rings. The van der Waals surface area contributed by atoms with Gasteiger partial charge in [-0.3, -0.25) is 0 Å². The van der Waals surface area contributed by atoms with E-state index in [0.29, 0.717) is 0 Å². The first-order chi connectivity index (χ1) is 12.9. The molecule has 0 unspecified atom stereocenters. The summed E-state index contributed by atoms with van der Waals surface area (Å²) < 4.78 is 50.3. The van der Waals surface area contributed by atoms with E-state index in [2.05, 4.69) is 63.8 Å². The highest BCUT2D eigenvalue weighted by molar-refractivity contribution is 6.50. The topological polar surface area (TPSA) is 23.8 Å². The molecule has 3 nitrogen and oxygen atoms in total. The molecule has 0 aliphatic rings. The molecule has 1 heterocycles. The van der Waals surface area contributed by atoms with Crippen LogP contribution in [0.25, 0.3) is 17.0 Å². The number of methoxy groups -OCH3 is 1. The number of hydrogen-bond acceptors (Lipinski definition) is 2. The maximum atomic E-state index is 9.75. The normalized spacial score (nSPS) is 12.1. The molecule has 0 aliphatic heterocycles. The third-order valence-corrected chi connectivity index (χ3v) is 4.03. The van der Waals surface area contributed by atoms with Crippen LogP contribution >= 0.6 is 0 Å². The summed E-state index contributed by atoms with van der Waals surface area (Å²) >= 11 is 0. The average molecular weight is 401 g/mol. The van der Waals surface area contributed by atoms with Gasteiger partial charge in [0.25, 0.3) is 0 Å². The number of halogens is 4. The zero-order valence-electron chi connectivity index (χ0n) is 17.2. The Kier molecular flexibility index (Phi) is 8.33. The van der Waals surface area contributed by atoms with Gasteiger partial charge >= 0.3 is 18.6 Å². The highest BCUT2D eigenvalue weighted by atomic mass is 19.5. The van der Waals surface area contributed by atoms with Crippen molar-refractivity contribution in [1.82, 2.24) is 0 Å². The predicted molar refractivity (Wildman–Crippen MR) is 109 cm³/mol. The minimum absolute atomic E-state index is 0.0466. The van der Waals surface area contributed by atoms with Crippen molar-refractivity contribution < 1.29 is 26.4 Å². The fourth-order valence-corrected chi connectivity index (χ4v) is 2.64. The summed E-state index contributed by atoms with van der Waals surface area (Å²) in [6.07, 6.45) is 3.70. The van der Waals surface area contributed by atoms with Crippen molar-refractivity contribution >= 4 is 30.0 Å². The number of ether oxygens (including phenoxy) is 1. The maximum Gasteiger partial charge on any atom is 0.673 e. The molecule has 0 saturated carbocycles. The van der Waals surface area contributed by atoms with E-state index in [1.54, 1.807) is 13.4 Å². The van der Waals surface area contributed by atoms with Gasteiger partial charge < -0.3 is 26.9 Å². The van der Waals surface area contributed by atoms with Gasteiger partial charge in [-0.1, -0.05) is 0 Å². The first-order valence-electron chi connectivity index (χ1n) is 9.13. The van der Waals surface area contributed by atoms with Gasteiger partial charge in [0, 0.05) is 30.4 Å². The fraction of sp³-hybridized carbons (Fsp3) is 0.450. The number of fused-ring (bicyclic) bond motifs is 1. The van der Waals surface area contributed by atoms with Crippen LogP contribution in [0.3, 0.4) is 0 Å². The number of rotatable bonds is 5. The molecule has 0 radical (unpaired) electrons. The van der Waals surface area contributed by atoms with Crippen LogP contribution in [0.4, 0.5) is 23.0 Å². The van der Waals surface area contributed by atoms with E-state index in [1.165, 1.54) is 5.69 Å². The predicted octanol–water partition coefficient (Wildman–Crippen LogP) is 6.77. The lowest BCUT2D eigenvalue weighted by atomic mass is 9.91. The number of benzene rings is 1. The molecule has 8 heteroatoms. The molecular formula is C20H28BF4NO2. The van der Waals surface area contributed by atoms with Crippen LogP contribution in [0.1, 0.15) is 45.9 Å². The molecule has 1 aromatic carbocycles. The average Bonchev–Trinajstić information content (AvgIpc) is 2.58. The number of anilines is 1. The van der Waals surface area contributed by atoms with E-state index < -0.39 is 7.25 Å². The van der Waals surface area contributed by atoms with Gasteiger partial charge in [0.1, 0.15) is 0 Å². The van der Waals surface area contributed by atoms with Crippen LogP contribution in [0.15, 0.2) is 34.9 Å². The molecule has 0 N–H and O–H groups in total. The zero-order chi connectivity index (χ0) is 21.5. The Morgan fingerprint density at radius 2 is 1.64 bits per heavy atom. The molecule has 28 heavy (non-hydrogen) atoms. The Morgan fingerprint density at radius 3 is 2.11 bits per heavy atom. The van der Waals surface area contributed by atoms with Gasteiger partial charge in [-0.25, -0.2) is 4.42 Å². The number of hydrogen-bond donors (Lipinski definition) is 0. The molecule has 0 atom stereocenters. The van der Waals surface area contributed by atoms with Gasteiger partial charge in [0.15, 0.2) is 0 Å². The molecule has 0 amide bonds. The summed E-state index contributed by atoms with van der Waals surface area (Å²) in [4.78, 5) is 2.32. The third-order valence-electron chi connectivity index (χ3n) is 4.03. The van der Waals surface area contributed by atoms with Crippen molar-refractivity contribution in [3.63, 3.8) is 0 Å². The highest BCUT2D eigenvalue weighted by Gasteiger charge is 2.29. The first kappa shape index (κ1) is 23.8. The molecule has 0 spiro atoms. The Balaban J connectivity index is 0.000000696. The van der Waals surface area contributed by atoms with E-state index in [9.17, 15) is 17.3 Å². The molecular weight excluding hydrogens is 373 g/mol. The second-order valence-electron chi connectivity index (χ2n) is 7.20. The summed E-state index contributed by atoms with van der Waals surface area (Å²) in [5, 5.41) is 1.10. The SMILES string of the molecule is CCN(CC)c1ccc2c(C=COC)cc(C(C)(C)C)[o+]c2c1.F[B-](F)(F)F.